The van der Waals surface area contributed by atoms with Crippen molar-refractivity contribution in [1.29, 1.82) is 0 Å². The predicted molar refractivity (Wildman–Crippen MR) is 106 cm³/mol. The van der Waals surface area contributed by atoms with Crippen LogP contribution < -0.4 is 10.6 Å². The van der Waals surface area contributed by atoms with Crippen LogP contribution in [0.25, 0.3) is 0 Å². The molecule has 2 N–H and O–H groups in total. The van der Waals surface area contributed by atoms with Crippen LogP contribution in [0.4, 0.5) is 0 Å². The molecule has 1 saturated carbocycles. The van der Waals surface area contributed by atoms with Crippen LogP contribution in [0.15, 0.2) is 35.3 Å². The molecule has 0 spiro atoms. The van der Waals surface area contributed by atoms with Gasteiger partial charge < -0.3 is 20.3 Å². The van der Waals surface area contributed by atoms with Gasteiger partial charge in [0, 0.05) is 45.4 Å². The third-order valence-electron chi connectivity index (χ3n) is 4.24. The monoisotopic (exact) mass is 360 g/mol. The second-order valence-electron chi connectivity index (χ2n) is 6.65. The molecule has 0 saturated heterocycles. The third kappa shape index (κ3) is 7.87. The Hall–Kier alpha value is -2.08. The molecule has 0 atom stereocenters. The number of nitrogens with one attached hydrogen (secondary N) is 2. The quantitative estimate of drug-likeness (QED) is 0.360. The Bertz CT molecular complexity index is 558. The average Bonchev–Trinajstić information content (AvgIpc) is 3.49. The number of aliphatic imine (C=N–C) groups is 1. The van der Waals surface area contributed by atoms with E-state index in [1.807, 2.05) is 37.4 Å². The zero-order valence-electron chi connectivity index (χ0n) is 16.0. The molecule has 6 nitrogen and oxygen atoms in total. The van der Waals surface area contributed by atoms with E-state index in [9.17, 15) is 4.79 Å². The second kappa shape index (κ2) is 11.5. The largest absolute Gasteiger partial charge is 0.379 e. The van der Waals surface area contributed by atoms with Crippen molar-refractivity contribution in [3.8, 4) is 0 Å². The van der Waals surface area contributed by atoms with E-state index >= 15 is 0 Å². The van der Waals surface area contributed by atoms with Crippen molar-refractivity contribution < 1.29 is 9.53 Å². The summed E-state index contributed by atoms with van der Waals surface area (Å²) in [6, 6.07) is 9.27. The maximum atomic E-state index is 12.0. The van der Waals surface area contributed by atoms with E-state index in [2.05, 4.69) is 27.4 Å². The maximum absolute atomic E-state index is 12.0. The molecule has 1 amide bonds. The van der Waals surface area contributed by atoms with E-state index in [0.717, 1.165) is 44.6 Å². The van der Waals surface area contributed by atoms with Gasteiger partial charge in [0.15, 0.2) is 5.96 Å². The molecule has 144 valence electrons. The Kier molecular flexibility index (Phi) is 8.96. The first-order valence-corrected chi connectivity index (χ1v) is 9.61. The van der Waals surface area contributed by atoms with Gasteiger partial charge in [-0.15, -0.1) is 0 Å². The van der Waals surface area contributed by atoms with E-state index in [4.69, 9.17) is 4.74 Å². The van der Waals surface area contributed by atoms with E-state index < -0.39 is 0 Å². The standard InChI is InChI=1S/C20H32N4O2/c1-3-21-20(24(2)14-15-26-16-17-10-11-17)23-13-7-12-22-19(25)18-8-5-4-6-9-18/h4-6,8-9,17H,3,7,10-16H2,1-2H3,(H,21,23)(H,22,25). The molecule has 1 aliphatic rings. The van der Waals surface area contributed by atoms with Gasteiger partial charge >= 0.3 is 0 Å². The molecule has 2 rings (SSSR count). The first-order valence-electron chi connectivity index (χ1n) is 9.61. The van der Waals surface area contributed by atoms with Crippen molar-refractivity contribution in [1.82, 2.24) is 15.5 Å². The summed E-state index contributed by atoms with van der Waals surface area (Å²) >= 11 is 0. The van der Waals surface area contributed by atoms with Crippen molar-refractivity contribution in [3.05, 3.63) is 35.9 Å². The summed E-state index contributed by atoms with van der Waals surface area (Å²) in [7, 11) is 2.03. The Morgan fingerprint density at radius 1 is 1.27 bits per heavy atom. The normalized spacial score (nSPS) is 14.2. The molecule has 0 unspecified atom stereocenters. The zero-order valence-corrected chi connectivity index (χ0v) is 16.0. The van der Waals surface area contributed by atoms with Crippen LogP contribution in [0.3, 0.4) is 0 Å². The molecule has 0 heterocycles. The number of amides is 1. The van der Waals surface area contributed by atoms with Crippen molar-refractivity contribution in [3.63, 3.8) is 0 Å². The molecule has 0 bridgehead atoms. The van der Waals surface area contributed by atoms with Crippen LogP contribution in [0.1, 0.15) is 36.5 Å². The maximum Gasteiger partial charge on any atom is 0.251 e. The topological polar surface area (TPSA) is 66.0 Å². The fourth-order valence-electron chi connectivity index (χ4n) is 2.47. The molecule has 1 fully saturated rings. The molecule has 1 aromatic carbocycles. The predicted octanol–water partition coefficient (Wildman–Crippen LogP) is 2.13. The number of likely N-dealkylation sites (N-methyl/N-ethyl adjacent to an activating group) is 1. The number of guanidine groups is 1. The fraction of sp³-hybridized carbons (Fsp3) is 0.600. The summed E-state index contributed by atoms with van der Waals surface area (Å²) in [6.45, 7) is 6.62. The molecule has 0 aliphatic heterocycles. The lowest BCUT2D eigenvalue weighted by molar-refractivity contribution is 0.0953. The summed E-state index contributed by atoms with van der Waals surface area (Å²) < 4.78 is 5.70. The van der Waals surface area contributed by atoms with Gasteiger partial charge in [-0.1, -0.05) is 18.2 Å². The Morgan fingerprint density at radius 2 is 2.04 bits per heavy atom. The van der Waals surface area contributed by atoms with Gasteiger partial charge in [-0.3, -0.25) is 9.79 Å². The lowest BCUT2D eigenvalue weighted by Gasteiger charge is -2.22. The average molecular weight is 361 g/mol. The highest BCUT2D eigenvalue weighted by Gasteiger charge is 2.21. The van der Waals surface area contributed by atoms with E-state index in [1.54, 1.807) is 0 Å². The minimum Gasteiger partial charge on any atom is -0.379 e. The van der Waals surface area contributed by atoms with Crippen LogP contribution >= 0.6 is 0 Å². The van der Waals surface area contributed by atoms with Gasteiger partial charge in [-0.2, -0.15) is 0 Å². The summed E-state index contributed by atoms with van der Waals surface area (Å²) in [5, 5.41) is 6.23. The molecule has 0 radical (unpaired) electrons. The molecule has 6 heteroatoms. The van der Waals surface area contributed by atoms with Gasteiger partial charge in [-0.25, -0.2) is 0 Å². The number of carbonyl (C=O) groups is 1. The molecular weight excluding hydrogens is 328 g/mol. The van der Waals surface area contributed by atoms with Crippen LogP contribution in [0, 0.1) is 5.92 Å². The number of hydrogen-bond acceptors (Lipinski definition) is 3. The van der Waals surface area contributed by atoms with Gasteiger partial charge in [0.05, 0.1) is 6.61 Å². The summed E-state index contributed by atoms with van der Waals surface area (Å²) in [5.41, 5.74) is 0.690. The van der Waals surface area contributed by atoms with Crippen LogP contribution in [-0.2, 0) is 4.74 Å². The Balaban J connectivity index is 1.64. The van der Waals surface area contributed by atoms with Gasteiger partial charge in [0.1, 0.15) is 0 Å². The number of carbonyl (C=O) groups excluding carboxylic acids is 1. The van der Waals surface area contributed by atoms with E-state index in [1.165, 1.54) is 12.8 Å². The van der Waals surface area contributed by atoms with Crippen molar-refractivity contribution >= 4 is 11.9 Å². The highest BCUT2D eigenvalue weighted by atomic mass is 16.5. The number of ether oxygens (including phenoxy) is 1. The first-order chi connectivity index (χ1) is 12.7. The fourth-order valence-corrected chi connectivity index (χ4v) is 2.47. The van der Waals surface area contributed by atoms with Gasteiger partial charge in [0.25, 0.3) is 5.91 Å². The van der Waals surface area contributed by atoms with Crippen molar-refractivity contribution in [2.45, 2.75) is 26.2 Å². The zero-order chi connectivity index (χ0) is 18.6. The number of hydrogen-bond donors (Lipinski definition) is 2. The number of benzene rings is 1. The van der Waals surface area contributed by atoms with E-state index in [0.29, 0.717) is 18.7 Å². The highest BCUT2D eigenvalue weighted by Crippen LogP contribution is 2.28. The molecule has 26 heavy (non-hydrogen) atoms. The van der Waals surface area contributed by atoms with Gasteiger partial charge in [0.2, 0.25) is 0 Å². The lowest BCUT2D eigenvalue weighted by atomic mass is 10.2. The highest BCUT2D eigenvalue weighted by molar-refractivity contribution is 5.94. The summed E-state index contributed by atoms with van der Waals surface area (Å²) in [4.78, 5) is 18.7. The van der Waals surface area contributed by atoms with Crippen LogP contribution in [0.2, 0.25) is 0 Å². The van der Waals surface area contributed by atoms with E-state index in [-0.39, 0.29) is 5.91 Å². The minimum absolute atomic E-state index is 0.0357. The molecule has 0 aromatic heterocycles. The first kappa shape index (κ1) is 20.2. The second-order valence-corrected chi connectivity index (χ2v) is 6.65. The van der Waals surface area contributed by atoms with Crippen LogP contribution in [-0.4, -0.2) is 63.2 Å². The molecule has 1 aromatic rings. The SMILES string of the molecule is CCNC(=NCCCNC(=O)c1ccccc1)N(C)CCOCC1CC1. The third-order valence-corrected chi connectivity index (χ3v) is 4.24. The Labute approximate surface area is 157 Å². The number of nitrogens with zero attached hydrogens (tertiary/aromatic N) is 2. The smallest absolute Gasteiger partial charge is 0.251 e. The molecular formula is C20H32N4O2. The van der Waals surface area contributed by atoms with Crippen LogP contribution in [0.5, 0.6) is 0 Å². The Morgan fingerprint density at radius 3 is 2.73 bits per heavy atom. The number of rotatable bonds is 11. The van der Waals surface area contributed by atoms with Crippen molar-refractivity contribution in [2.75, 3.05) is 46.4 Å². The minimum atomic E-state index is -0.0357. The van der Waals surface area contributed by atoms with Gasteiger partial charge in [-0.05, 0) is 44.2 Å². The van der Waals surface area contributed by atoms with Crippen molar-refractivity contribution in [2.24, 2.45) is 10.9 Å². The summed E-state index contributed by atoms with van der Waals surface area (Å²) in [5.74, 6) is 1.65. The molecule has 1 aliphatic carbocycles. The lowest BCUT2D eigenvalue weighted by Crippen LogP contribution is -2.40. The summed E-state index contributed by atoms with van der Waals surface area (Å²) in [6.07, 6.45) is 3.45.